The van der Waals surface area contributed by atoms with Crippen molar-refractivity contribution in [2.45, 2.75) is 58.4 Å². The van der Waals surface area contributed by atoms with E-state index < -0.39 is 0 Å². The van der Waals surface area contributed by atoms with E-state index in [-0.39, 0.29) is 6.04 Å². The van der Waals surface area contributed by atoms with Gasteiger partial charge in [-0.1, -0.05) is 26.7 Å². The molecule has 0 spiro atoms. The molecule has 2 aliphatic rings. The number of allylic oxidation sites excluding steroid dienone is 1. The molecule has 0 saturated heterocycles. The molecule has 2 heterocycles. The van der Waals surface area contributed by atoms with Crippen LogP contribution in [0.1, 0.15) is 52.4 Å². The van der Waals surface area contributed by atoms with E-state index in [0.29, 0.717) is 0 Å². The number of fused-ring (bicyclic) bond motifs is 1. The first-order valence-corrected chi connectivity index (χ1v) is 7.37. The van der Waals surface area contributed by atoms with E-state index in [0.717, 1.165) is 30.9 Å². The third kappa shape index (κ3) is 3.11. The van der Waals surface area contributed by atoms with Gasteiger partial charge >= 0.3 is 0 Å². The van der Waals surface area contributed by atoms with Crippen molar-refractivity contribution in [3.63, 3.8) is 0 Å². The average Bonchev–Trinajstić information content (AvgIpc) is 2.82. The third-order valence-electron chi connectivity index (χ3n) is 3.54. The Hall–Kier alpha value is -1.45. The Balaban J connectivity index is 2.16. The molecule has 0 amide bonds. The highest BCUT2D eigenvalue weighted by molar-refractivity contribution is 6.08. The van der Waals surface area contributed by atoms with Crippen LogP contribution < -0.4 is 5.32 Å². The van der Waals surface area contributed by atoms with Crippen LogP contribution in [0.15, 0.2) is 26.2 Å². The Morgan fingerprint density at radius 2 is 2.05 bits per heavy atom. The van der Waals surface area contributed by atoms with Crippen LogP contribution in [-0.2, 0) is 0 Å². The second-order valence-electron chi connectivity index (χ2n) is 5.09. The quantitative estimate of drug-likeness (QED) is 0.733. The standard InChI is InChI=1S/C15H24N4/c1-4-6-7-9-11-10-17-14-13(11)18-12(8-5-2)19-15(14)16-3/h10,14H,4-9H2,1-3H3,(H,16,18,19)/t14-/m1/s1. The van der Waals surface area contributed by atoms with E-state index in [4.69, 9.17) is 0 Å². The molecule has 0 aromatic carbocycles. The molecule has 4 heteroatoms. The van der Waals surface area contributed by atoms with E-state index in [1.165, 1.54) is 30.5 Å². The lowest BCUT2D eigenvalue weighted by atomic mass is 10.0. The molecule has 0 radical (unpaired) electrons. The van der Waals surface area contributed by atoms with Crippen molar-refractivity contribution in [1.29, 1.82) is 0 Å². The third-order valence-corrected chi connectivity index (χ3v) is 3.54. The van der Waals surface area contributed by atoms with Gasteiger partial charge in [-0.3, -0.25) is 9.98 Å². The molecule has 0 fully saturated rings. The Labute approximate surface area is 115 Å². The van der Waals surface area contributed by atoms with Gasteiger partial charge in [0, 0.05) is 19.7 Å². The van der Waals surface area contributed by atoms with Crippen LogP contribution in [0.25, 0.3) is 0 Å². The minimum Gasteiger partial charge on any atom is -0.345 e. The van der Waals surface area contributed by atoms with Gasteiger partial charge in [0.2, 0.25) is 0 Å². The number of hydrogen-bond acceptors (Lipinski definition) is 3. The summed E-state index contributed by atoms with van der Waals surface area (Å²) < 4.78 is 0. The molecule has 2 aliphatic heterocycles. The van der Waals surface area contributed by atoms with E-state index in [9.17, 15) is 0 Å². The van der Waals surface area contributed by atoms with Crippen molar-refractivity contribution in [2.75, 3.05) is 7.05 Å². The molecular formula is C15H24N4. The maximum absolute atomic E-state index is 4.57. The zero-order chi connectivity index (χ0) is 13.7. The van der Waals surface area contributed by atoms with Crippen LogP contribution in [0.2, 0.25) is 0 Å². The first kappa shape index (κ1) is 14.0. The van der Waals surface area contributed by atoms with Gasteiger partial charge in [0.25, 0.3) is 0 Å². The predicted molar refractivity (Wildman–Crippen MR) is 82.3 cm³/mol. The Bertz CT molecular complexity index is 443. The molecule has 19 heavy (non-hydrogen) atoms. The van der Waals surface area contributed by atoms with Gasteiger partial charge in [-0.05, 0) is 24.8 Å². The monoisotopic (exact) mass is 260 g/mol. The highest BCUT2D eigenvalue weighted by atomic mass is 15.1. The maximum Gasteiger partial charge on any atom is 0.156 e. The number of amidine groups is 2. The minimum atomic E-state index is 0.0160. The molecular weight excluding hydrogens is 236 g/mol. The van der Waals surface area contributed by atoms with Gasteiger partial charge in [0.15, 0.2) is 5.84 Å². The van der Waals surface area contributed by atoms with Crippen molar-refractivity contribution < 1.29 is 0 Å². The fourth-order valence-electron chi connectivity index (χ4n) is 2.50. The van der Waals surface area contributed by atoms with Crippen LogP contribution in [0.4, 0.5) is 0 Å². The number of hydrogen-bond donors (Lipinski definition) is 1. The summed E-state index contributed by atoms with van der Waals surface area (Å²) in [7, 11) is 1.80. The molecule has 0 unspecified atom stereocenters. The van der Waals surface area contributed by atoms with Gasteiger partial charge in [0.05, 0.1) is 5.70 Å². The van der Waals surface area contributed by atoms with Gasteiger partial charge < -0.3 is 5.32 Å². The lowest BCUT2D eigenvalue weighted by Crippen LogP contribution is -2.38. The zero-order valence-corrected chi connectivity index (χ0v) is 12.2. The number of nitrogens with zero attached hydrogens (tertiary/aromatic N) is 3. The van der Waals surface area contributed by atoms with Crippen molar-refractivity contribution in [1.82, 2.24) is 5.32 Å². The van der Waals surface area contributed by atoms with Gasteiger partial charge in [-0.15, -0.1) is 0 Å². The summed E-state index contributed by atoms with van der Waals surface area (Å²) in [6, 6.07) is 0.0160. The smallest absolute Gasteiger partial charge is 0.156 e. The van der Waals surface area contributed by atoms with Crippen LogP contribution in [0, 0.1) is 0 Å². The SMILES string of the molecule is CCCCCC1=C2NC(CCC)=NC(=NC)[C@@H]2N=C1. The molecule has 1 N–H and O–H groups in total. The van der Waals surface area contributed by atoms with Gasteiger partial charge in [0.1, 0.15) is 11.9 Å². The van der Waals surface area contributed by atoms with Crippen molar-refractivity contribution >= 4 is 17.9 Å². The summed E-state index contributed by atoms with van der Waals surface area (Å²) in [5.41, 5.74) is 2.55. The molecule has 0 aromatic rings. The summed E-state index contributed by atoms with van der Waals surface area (Å²) in [6.07, 6.45) is 8.93. The predicted octanol–water partition coefficient (Wildman–Crippen LogP) is 3.10. The largest absolute Gasteiger partial charge is 0.345 e. The number of aliphatic imine (C=N–C) groups is 3. The van der Waals surface area contributed by atoms with E-state index in [2.05, 4.69) is 34.1 Å². The molecule has 0 aliphatic carbocycles. The molecule has 2 rings (SSSR count). The Morgan fingerprint density at radius 1 is 1.21 bits per heavy atom. The van der Waals surface area contributed by atoms with Crippen LogP contribution in [-0.4, -0.2) is 31.0 Å². The van der Waals surface area contributed by atoms with E-state index >= 15 is 0 Å². The molecule has 0 saturated carbocycles. The molecule has 0 aromatic heterocycles. The van der Waals surface area contributed by atoms with Crippen molar-refractivity contribution in [3.05, 3.63) is 11.3 Å². The summed E-state index contributed by atoms with van der Waals surface area (Å²) in [6.45, 7) is 4.40. The summed E-state index contributed by atoms with van der Waals surface area (Å²) in [4.78, 5) is 13.4. The zero-order valence-electron chi connectivity index (χ0n) is 12.2. The first-order valence-electron chi connectivity index (χ1n) is 7.37. The first-order chi connectivity index (χ1) is 9.30. The summed E-state index contributed by atoms with van der Waals surface area (Å²) in [5.74, 6) is 1.88. The molecule has 104 valence electrons. The van der Waals surface area contributed by atoms with Gasteiger partial charge in [-0.25, -0.2) is 4.99 Å². The Morgan fingerprint density at radius 3 is 2.74 bits per heavy atom. The topological polar surface area (TPSA) is 49.1 Å². The van der Waals surface area contributed by atoms with E-state index in [1.54, 1.807) is 7.05 Å². The summed E-state index contributed by atoms with van der Waals surface area (Å²) >= 11 is 0. The van der Waals surface area contributed by atoms with Crippen LogP contribution in [0.3, 0.4) is 0 Å². The maximum atomic E-state index is 4.57. The van der Waals surface area contributed by atoms with Crippen LogP contribution >= 0.6 is 0 Å². The molecule has 0 bridgehead atoms. The normalized spacial score (nSPS) is 23.6. The van der Waals surface area contributed by atoms with Crippen molar-refractivity contribution in [2.24, 2.45) is 15.0 Å². The van der Waals surface area contributed by atoms with Gasteiger partial charge in [-0.2, -0.15) is 0 Å². The Kier molecular flexibility index (Phi) is 4.88. The van der Waals surface area contributed by atoms with E-state index in [1.807, 2.05) is 6.21 Å². The lowest BCUT2D eigenvalue weighted by molar-refractivity contribution is 0.717. The number of unbranched alkanes of at least 4 members (excludes halogenated alkanes) is 2. The van der Waals surface area contributed by atoms with Crippen LogP contribution in [0.5, 0.6) is 0 Å². The van der Waals surface area contributed by atoms with Crippen molar-refractivity contribution in [3.8, 4) is 0 Å². The minimum absolute atomic E-state index is 0.0160. The number of rotatable bonds is 6. The summed E-state index contributed by atoms with van der Waals surface area (Å²) in [5, 5.41) is 3.48. The average molecular weight is 260 g/mol. The molecule has 4 nitrogen and oxygen atoms in total. The fourth-order valence-corrected chi connectivity index (χ4v) is 2.50. The molecule has 1 atom stereocenters. The highest BCUT2D eigenvalue weighted by Crippen LogP contribution is 2.25. The fraction of sp³-hybridized carbons (Fsp3) is 0.667. The highest BCUT2D eigenvalue weighted by Gasteiger charge is 2.30. The second-order valence-corrected chi connectivity index (χ2v) is 5.09. The lowest BCUT2D eigenvalue weighted by Gasteiger charge is -2.23. The second kappa shape index (κ2) is 6.64. The number of nitrogens with one attached hydrogen (secondary N) is 1.